The van der Waals surface area contributed by atoms with Gasteiger partial charge in [0.25, 0.3) is 5.91 Å². The first-order valence-electron chi connectivity index (χ1n) is 10.6. The van der Waals surface area contributed by atoms with Gasteiger partial charge in [-0.05, 0) is 41.8 Å². The molecule has 4 aromatic rings. The number of thiophene rings is 1. The van der Waals surface area contributed by atoms with E-state index in [2.05, 4.69) is 0 Å². The minimum absolute atomic E-state index is 0.278. The lowest BCUT2D eigenvalue weighted by Gasteiger charge is -2.16. The van der Waals surface area contributed by atoms with Gasteiger partial charge in [0, 0.05) is 22.9 Å². The third-order valence-electron chi connectivity index (χ3n) is 5.34. The quantitative estimate of drug-likeness (QED) is 0.340. The predicted octanol–water partition coefficient (Wildman–Crippen LogP) is 4.80. The Kier molecular flexibility index (Phi) is 7.08. The van der Waals surface area contributed by atoms with Crippen molar-refractivity contribution < 1.29 is 23.8 Å². The fourth-order valence-corrected chi connectivity index (χ4v) is 4.28. The van der Waals surface area contributed by atoms with E-state index in [0.29, 0.717) is 40.2 Å². The van der Waals surface area contributed by atoms with Crippen LogP contribution in [0.5, 0.6) is 11.5 Å². The van der Waals surface area contributed by atoms with Crippen molar-refractivity contribution >= 4 is 34.1 Å². The first kappa shape index (κ1) is 23.3. The monoisotopic (exact) mass is 476 g/mol. The second-order valence-corrected chi connectivity index (χ2v) is 8.58. The number of likely N-dealkylation sites (N-methyl/N-ethyl adjacent to an activating group) is 1. The first-order chi connectivity index (χ1) is 16.5. The molecule has 0 saturated carbocycles. The molecule has 34 heavy (non-hydrogen) atoms. The van der Waals surface area contributed by atoms with E-state index in [4.69, 9.17) is 19.2 Å². The van der Waals surface area contributed by atoms with Crippen LogP contribution >= 0.6 is 11.3 Å². The van der Waals surface area contributed by atoms with Crippen LogP contribution in [0.3, 0.4) is 0 Å². The fourth-order valence-electron chi connectivity index (χ4n) is 3.53. The van der Waals surface area contributed by atoms with Crippen LogP contribution in [0, 0.1) is 0 Å². The molecule has 174 valence electrons. The molecule has 0 aliphatic rings. The van der Waals surface area contributed by atoms with Crippen LogP contribution in [0.15, 0.2) is 66.0 Å². The van der Waals surface area contributed by atoms with Crippen molar-refractivity contribution in [1.29, 1.82) is 0 Å². The zero-order valence-electron chi connectivity index (χ0n) is 19.1. The van der Waals surface area contributed by atoms with Gasteiger partial charge in [0.1, 0.15) is 0 Å². The number of methoxy groups -OCH3 is 2. The van der Waals surface area contributed by atoms with E-state index in [1.165, 1.54) is 0 Å². The summed E-state index contributed by atoms with van der Waals surface area (Å²) in [5.74, 6) is 0.286. The number of para-hydroxylation sites is 1. The van der Waals surface area contributed by atoms with Gasteiger partial charge in [0.05, 0.1) is 37.5 Å². The van der Waals surface area contributed by atoms with Gasteiger partial charge < -0.3 is 19.1 Å². The molecule has 8 heteroatoms. The third kappa shape index (κ3) is 5.02. The number of aromatic nitrogens is 1. The molecule has 0 radical (unpaired) electrons. The second-order valence-electron chi connectivity index (χ2n) is 7.55. The van der Waals surface area contributed by atoms with Gasteiger partial charge in [0.15, 0.2) is 18.1 Å². The summed E-state index contributed by atoms with van der Waals surface area (Å²) in [5, 5.41) is 2.61. The highest BCUT2D eigenvalue weighted by atomic mass is 32.1. The van der Waals surface area contributed by atoms with Gasteiger partial charge in [-0.3, -0.25) is 4.79 Å². The van der Waals surface area contributed by atoms with Crippen molar-refractivity contribution in [1.82, 2.24) is 9.88 Å². The molecule has 0 bridgehead atoms. The minimum Gasteiger partial charge on any atom is -0.493 e. The minimum atomic E-state index is -0.585. The lowest BCUT2D eigenvalue weighted by Crippen LogP contribution is -2.30. The highest BCUT2D eigenvalue weighted by Gasteiger charge is 2.19. The highest BCUT2D eigenvalue weighted by Crippen LogP contribution is 2.33. The summed E-state index contributed by atoms with van der Waals surface area (Å²) in [7, 11) is 4.82. The van der Waals surface area contributed by atoms with Crippen molar-refractivity contribution in [3.05, 3.63) is 76.5 Å². The lowest BCUT2D eigenvalue weighted by atomic mass is 10.0. The van der Waals surface area contributed by atoms with Gasteiger partial charge in [-0.2, -0.15) is 0 Å². The summed E-state index contributed by atoms with van der Waals surface area (Å²) < 4.78 is 16.1. The Hall–Kier alpha value is -3.91. The number of hydrogen-bond donors (Lipinski definition) is 0. The summed E-state index contributed by atoms with van der Waals surface area (Å²) >= 11 is 1.57. The number of pyridine rings is 1. The smallest absolute Gasteiger partial charge is 0.339 e. The van der Waals surface area contributed by atoms with Crippen LogP contribution in [-0.4, -0.2) is 49.6 Å². The average Bonchev–Trinajstić information content (AvgIpc) is 3.38. The van der Waals surface area contributed by atoms with E-state index in [1.807, 2.05) is 47.8 Å². The molecular formula is C26H24N2O5S. The standard InChI is InChI=1S/C26H24N2O5S/c1-28(15-18-7-6-12-34-18)25(29)16-33-26(30)20-14-22(27-21-9-5-4-8-19(20)21)17-10-11-23(31-2)24(13-17)32-3/h4-14H,15-16H2,1-3H3. The fraction of sp³-hybridized carbons (Fsp3) is 0.192. The van der Waals surface area contributed by atoms with Crippen LogP contribution in [-0.2, 0) is 16.1 Å². The zero-order chi connectivity index (χ0) is 24.1. The molecule has 0 saturated heterocycles. The molecule has 0 aliphatic carbocycles. The number of carbonyl (C=O) groups excluding carboxylic acids is 2. The van der Waals surface area contributed by atoms with E-state index >= 15 is 0 Å². The second kappa shape index (κ2) is 10.4. The van der Waals surface area contributed by atoms with Crippen LogP contribution in [0.4, 0.5) is 0 Å². The SMILES string of the molecule is COc1ccc(-c2cc(C(=O)OCC(=O)N(C)Cc3cccs3)c3ccccc3n2)cc1OC. The molecule has 4 rings (SSSR count). The summed E-state index contributed by atoms with van der Waals surface area (Å²) in [6.45, 7) is 0.124. The maximum atomic E-state index is 13.0. The molecule has 0 atom stereocenters. The number of rotatable bonds is 8. The molecule has 2 aromatic heterocycles. The predicted molar refractivity (Wildman–Crippen MR) is 131 cm³/mol. The summed E-state index contributed by atoms with van der Waals surface area (Å²) in [6.07, 6.45) is 0. The van der Waals surface area contributed by atoms with E-state index in [9.17, 15) is 9.59 Å². The maximum absolute atomic E-state index is 13.0. The van der Waals surface area contributed by atoms with Gasteiger partial charge in [-0.1, -0.05) is 24.3 Å². The van der Waals surface area contributed by atoms with E-state index in [0.717, 1.165) is 10.4 Å². The number of amides is 1. The van der Waals surface area contributed by atoms with Crippen molar-refractivity contribution in [2.75, 3.05) is 27.9 Å². The summed E-state index contributed by atoms with van der Waals surface area (Å²) in [5.41, 5.74) is 2.31. The van der Waals surface area contributed by atoms with Gasteiger partial charge in [0.2, 0.25) is 0 Å². The Labute approximate surface area is 201 Å². The highest BCUT2D eigenvalue weighted by molar-refractivity contribution is 7.09. The normalized spacial score (nSPS) is 10.7. The van der Waals surface area contributed by atoms with Crippen LogP contribution in [0.1, 0.15) is 15.2 Å². The Morgan fingerprint density at radius 1 is 0.971 bits per heavy atom. The molecule has 2 heterocycles. The van der Waals surface area contributed by atoms with Gasteiger partial charge in [-0.15, -0.1) is 11.3 Å². The van der Waals surface area contributed by atoms with E-state index in [-0.39, 0.29) is 12.5 Å². The first-order valence-corrected chi connectivity index (χ1v) is 11.4. The molecule has 7 nitrogen and oxygen atoms in total. The lowest BCUT2D eigenvalue weighted by molar-refractivity contribution is -0.133. The topological polar surface area (TPSA) is 78.0 Å². The molecule has 0 fully saturated rings. The molecule has 2 aromatic carbocycles. The summed E-state index contributed by atoms with van der Waals surface area (Å²) in [6, 6.07) is 18.3. The Morgan fingerprint density at radius 2 is 1.76 bits per heavy atom. The van der Waals surface area contributed by atoms with E-state index < -0.39 is 5.97 Å². The number of nitrogens with zero attached hydrogens (tertiary/aromatic N) is 2. The van der Waals surface area contributed by atoms with Crippen LogP contribution in [0.25, 0.3) is 22.2 Å². The molecule has 0 aliphatic heterocycles. The Morgan fingerprint density at radius 3 is 2.50 bits per heavy atom. The maximum Gasteiger partial charge on any atom is 0.339 e. The number of ether oxygens (including phenoxy) is 3. The largest absolute Gasteiger partial charge is 0.493 e. The molecule has 0 unspecified atom stereocenters. The third-order valence-corrected chi connectivity index (χ3v) is 6.20. The van der Waals surface area contributed by atoms with Gasteiger partial charge in [-0.25, -0.2) is 9.78 Å². The van der Waals surface area contributed by atoms with Crippen molar-refractivity contribution in [3.63, 3.8) is 0 Å². The Balaban J connectivity index is 1.59. The molecule has 1 amide bonds. The number of esters is 1. The molecular weight excluding hydrogens is 452 g/mol. The molecule has 0 spiro atoms. The number of hydrogen-bond acceptors (Lipinski definition) is 7. The van der Waals surface area contributed by atoms with Gasteiger partial charge >= 0.3 is 5.97 Å². The number of benzene rings is 2. The van der Waals surface area contributed by atoms with Crippen molar-refractivity contribution in [2.24, 2.45) is 0 Å². The van der Waals surface area contributed by atoms with Crippen LogP contribution in [0.2, 0.25) is 0 Å². The average molecular weight is 477 g/mol. The van der Waals surface area contributed by atoms with Crippen molar-refractivity contribution in [3.8, 4) is 22.8 Å². The van der Waals surface area contributed by atoms with Crippen LogP contribution < -0.4 is 9.47 Å². The molecule has 0 N–H and O–H groups in total. The summed E-state index contributed by atoms with van der Waals surface area (Å²) in [4.78, 5) is 32.9. The van der Waals surface area contributed by atoms with Crippen molar-refractivity contribution in [2.45, 2.75) is 6.54 Å². The Bertz CT molecular complexity index is 1320. The zero-order valence-corrected chi connectivity index (χ0v) is 19.9. The van der Waals surface area contributed by atoms with E-state index in [1.54, 1.807) is 55.7 Å². The number of fused-ring (bicyclic) bond motifs is 1. The number of carbonyl (C=O) groups is 2.